The first-order valence-corrected chi connectivity index (χ1v) is 5.71. The van der Waals surface area contributed by atoms with E-state index in [1.165, 1.54) is 0 Å². The van der Waals surface area contributed by atoms with Crippen LogP contribution < -0.4 is 0 Å². The summed E-state index contributed by atoms with van der Waals surface area (Å²) in [6.07, 6.45) is 0.229. The highest BCUT2D eigenvalue weighted by Gasteiger charge is 2.40. The van der Waals surface area contributed by atoms with Crippen molar-refractivity contribution in [3.8, 4) is 0 Å². The minimum Gasteiger partial charge on any atom is -0.316 e. The fraction of sp³-hybridized carbons (Fsp3) is 1.00. The van der Waals surface area contributed by atoms with Crippen molar-refractivity contribution in [3.05, 3.63) is 0 Å². The molecule has 1 heterocycles. The Balaban J connectivity index is 2.64. The predicted molar refractivity (Wildman–Crippen MR) is 53.4 cm³/mol. The first-order chi connectivity index (χ1) is 5.97. The zero-order valence-corrected chi connectivity index (χ0v) is 9.93. The zero-order chi connectivity index (χ0) is 10.1. The van der Waals surface area contributed by atoms with Crippen LogP contribution in [0.15, 0.2) is 0 Å². The van der Waals surface area contributed by atoms with Gasteiger partial charge in [-0.3, -0.25) is 0 Å². The Morgan fingerprint density at radius 2 is 2.08 bits per heavy atom. The summed E-state index contributed by atoms with van der Waals surface area (Å²) >= 11 is 0. The second-order valence-corrected chi connectivity index (χ2v) is 5.72. The molecule has 1 saturated heterocycles. The zero-order valence-electron chi connectivity index (χ0n) is 9.03. The first kappa shape index (κ1) is 11.4. The molecule has 13 heavy (non-hydrogen) atoms. The third kappa shape index (κ3) is 2.63. The Kier molecular flexibility index (Phi) is 3.70. The average molecular weight is 206 g/mol. The van der Waals surface area contributed by atoms with Crippen LogP contribution in [0.4, 0.5) is 0 Å². The smallest absolute Gasteiger partial charge is 0.316 e. The molecule has 4 heteroatoms. The van der Waals surface area contributed by atoms with Crippen LogP contribution in [0.25, 0.3) is 0 Å². The summed E-state index contributed by atoms with van der Waals surface area (Å²) in [5.41, 5.74) is 0.0888. The average Bonchev–Trinajstić information content (AvgIpc) is 2.03. The molecule has 0 unspecified atom stereocenters. The van der Waals surface area contributed by atoms with Gasteiger partial charge in [0.1, 0.15) is 0 Å². The molecule has 0 aromatic rings. The molecule has 0 bridgehead atoms. The van der Waals surface area contributed by atoms with Crippen LogP contribution in [0.2, 0.25) is 0 Å². The van der Waals surface area contributed by atoms with Gasteiger partial charge in [0.25, 0.3) is 0 Å². The van der Waals surface area contributed by atoms with Crippen LogP contribution in [0.1, 0.15) is 27.7 Å². The molecule has 2 atom stereocenters. The lowest BCUT2D eigenvalue weighted by Gasteiger charge is -2.42. The lowest BCUT2D eigenvalue weighted by atomic mass is 9.81. The lowest BCUT2D eigenvalue weighted by molar-refractivity contribution is -0.0520. The maximum absolute atomic E-state index is 5.73. The predicted octanol–water partition coefficient (Wildman–Crippen LogP) is 2.96. The molecule has 0 radical (unpaired) electrons. The van der Waals surface area contributed by atoms with E-state index in [1.54, 1.807) is 7.11 Å². The summed E-state index contributed by atoms with van der Waals surface area (Å²) in [5, 5.41) is 0. The molecule has 0 aromatic carbocycles. The van der Waals surface area contributed by atoms with E-state index in [2.05, 4.69) is 27.7 Å². The molecule has 78 valence electrons. The van der Waals surface area contributed by atoms with Crippen LogP contribution in [0.5, 0.6) is 0 Å². The Morgan fingerprint density at radius 1 is 1.46 bits per heavy atom. The monoisotopic (exact) mass is 206 g/mol. The molecule has 1 aliphatic rings. The summed E-state index contributed by atoms with van der Waals surface area (Å²) in [6, 6.07) is 0. The van der Waals surface area contributed by atoms with Crippen molar-refractivity contribution in [2.75, 3.05) is 13.7 Å². The lowest BCUT2D eigenvalue weighted by Crippen LogP contribution is -2.41. The Hall–Kier alpha value is 0.310. The number of rotatable bonds is 2. The molecule has 0 aromatic heterocycles. The topological polar surface area (TPSA) is 27.7 Å². The van der Waals surface area contributed by atoms with E-state index in [9.17, 15) is 0 Å². The molecule has 1 rings (SSSR count). The normalized spacial score (nSPS) is 33.7. The van der Waals surface area contributed by atoms with Gasteiger partial charge in [0.2, 0.25) is 0 Å². The molecule has 1 aliphatic heterocycles. The molecular weight excluding hydrogens is 187 g/mol. The molecule has 3 nitrogen and oxygen atoms in total. The van der Waals surface area contributed by atoms with Crippen molar-refractivity contribution < 1.29 is 13.6 Å². The first-order valence-electron chi connectivity index (χ1n) is 4.61. The summed E-state index contributed by atoms with van der Waals surface area (Å²) in [4.78, 5) is 0. The van der Waals surface area contributed by atoms with E-state index in [1.807, 2.05) is 0 Å². The maximum atomic E-state index is 5.73. The van der Waals surface area contributed by atoms with Crippen LogP contribution >= 0.6 is 8.60 Å². The van der Waals surface area contributed by atoms with Crippen molar-refractivity contribution in [1.29, 1.82) is 0 Å². The van der Waals surface area contributed by atoms with Gasteiger partial charge in [0.05, 0.1) is 12.7 Å². The number of hydrogen-bond acceptors (Lipinski definition) is 3. The van der Waals surface area contributed by atoms with Crippen molar-refractivity contribution in [1.82, 2.24) is 0 Å². The van der Waals surface area contributed by atoms with Gasteiger partial charge in [-0.05, 0) is 5.92 Å². The Morgan fingerprint density at radius 3 is 2.54 bits per heavy atom. The third-order valence-electron chi connectivity index (χ3n) is 2.27. The van der Waals surface area contributed by atoms with Gasteiger partial charge in [-0.1, -0.05) is 27.7 Å². The molecule has 0 aliphatic carbocycles. The van der Waals surface area contributed by atoms with E-state index in [0.717, 1.165) is 6.61 Å². The van der Waals surface area contributed by atoms with Crippen molar-refractivity contribution in [2.24, 2.45) is 11.3 Å². The Labute approximate surface area is 81.8 Å². The summed E-state index contributed by atoms with van der Waals surface area (Å²) < 4.78 is 16.3. The van der Waals surface area contributed by atoms with E-state index in [4.69, 9.17) is 13.6 Å². The second kappa shape index (κ2) is 4.22. The van der Waals surface area contributed by atoms with Gasteiger partial charge in [-0.15, -0.1) is 0 Å². The Bertz CT molecular complexity index is 170. The molecular formula is C9H19O3P. The minimum absolute atomic E-state index is 0.0888. The van der Waals surface area contributed by atoms with Crippen molar-refractivity contribution >= 4 is 8.60 Å². The van der Waals surface area contributed by atoms with E-state index >= 15 is 0 Å². The summed E-state index contributed by atoms with van der Waals surface area (Å²) in [5.74, 6) is 0.499. The molecule has 0 amide bonds. The highest BCUT2D eigenvalue weighted by atomic mass is 31.2. The van der Waals surface area contributed by atoms with Crippen LogP contribution in [-0.2, 0) is 13.6 Å². The van der Waals surface area contributed by atoms with Gasteiger partial charge in [0, 0.05) is 12.5 Å². The fourth-order valence-corrected chi connectivity index (χ4v) is 3.09. The quantitative estimate of drug-likeness (QED) is 0.650. The van der Waals surface area contributed by atoms with Gasteiger partial charge >= 0.3 is 8.60 Å². The summed E-state index contributed by atoms with van der Waals surface area (Å²) in [6.45, 7) is 9.39. The van der Waals surface area contributed by atoms with Gasteiger partial charge < -0.3 is 13.6 Å². The standard InChI is InChI=1S/C9H19O3P/c1-7(2)8-9(3,4)6-11-13(10-5)12-8/h7-8H,6H2,1-5H3/t8-,13+/m0/s1. The summed E-state index contributed by atoms with van der Waals surface area (Å²) in [7, 11) is 0.527. The molecule has 0 N–H and O–H groups in total. The third-order valence-corrected chi connectivity index (χ3v) is 3.30. The number of hydrogen-bond donors (Lipinski definition) is 0. The van der Waals surface area contributed by atoms with Crippen molar-refractivity contribution in [3.63, 3.8) is 0 Å². The highest BCUT2D eigenvalue weighted by Crippen LogP contribution is 2.51. The van der Waals surface area contributed by atoms with Crippen LogP contribution in [0, 0.1) is 11.3 Å². The van der Waals surface area contributed by atoms with E-state index in [0.29, 0.717) is 5.92 Å². The fourth-order valence-electron chi connectivity index (χ4n) is 1.69. The highest BCUT2D eigenvalue weighted by molar-refractivity contribution is 7.41. The SMILES string of the molecule is CO[P@]1OCC(C)(C)[C@H](C(C)C)O1. The maximum Gasteiger partial charge on any atom is 0.332 e. The van der Waals surface area contributed by atoms with Crippen molar-refractivity contribution in [2.45, 2.75) is 33.8 Å². The molecule has 0 spiro atoms. The largest absolute Gasteiger partial charge is 0.332 e. The molecule has 0 saturated carbocycles. The van der Waals surface area contributed by atoms with Gasteiger partial charge in [-0.25, -0.2) is 0 Å². The minimum atomic E-state index is -1.10. The second-order valence-electron chi connectivity index (χ2n) is 4.44. The van der Waals surface area contributed by atoms with E-state index < -0.39 is 8.60 Å². The van der Waals surface area contributed by atoms with E-state index in [-0.39, 0.29) is 11.5 Å². The molecule has 1 fully saturated rings. The van der Waals surface area contributed by atoms with Crippen LogP contribution in [0.3, 0.4) is 0 Å². The van der Waals surface area contributed by atoms with Gasteiger partial charge in [-0.2, -0.15) is 0 Å². The van der Waals surface area contributed by atoms with Crippen LogP contribution in [-0.4, -0.2) is 19.8 Å². The van der Waals surface area contributed by atoms with Gasteiger partial charge in [0.15, 0.2) is 0 Å².